The Labute approximate surface area is 95.9 Å². The minimum Gasteiger partial charge on any atom is -0.454 e. The first-order valence-electron chi connectivity index (χ1n) is 5.49. The molecule has 4 heteroatoms. The van der Waals surface area contributed by atoms with Crippen molar-refractivity contribution >= 4 is 0 Å². The number of fused-ring (bicyclic) bond motifs is 1. The smallest absolute Gasteiger partial charge is 0.231 e. The van der Waals surface area contributed by atoms with Gasteiger partial charge in [-0.3, -0.25) is 4.90 Å². The Morgan fingerprint density at radius 2 is 2.12 bits per heavy atom. The van der Waals surface area contributed by atoms with Crippen LogP contribution in [-0.4, -0.2) is 31.3 Å². The fraction of sp³-hybridized carbons (Fsp3) is 0.500. The van der Waals surface area contributed by atoms with Gasteiger partial charge in [0.2, 0.25) is 6.79 Å². The minimum absolute atomic E-state index is 0.327. The van der Waals surface area contributed by atoms with Gasteiger partial charge in [-0.1, -0.05) is 6.07 Å². The van der Waals surface area contributed by atoms with Crippen LogP contribution in [0.5, 0.6) is 11.5 Å². The van der Waals surface area contributed by atoms with Gasteiger partial charge in [-0.2, -0.15) is 0 Å². The van der Waals surface area contributed by atoms with E-state index in [0.717, 1.165) is 18.0 Å². The Hall–Kier alpha value is -1.26. The van der Waals surface area contributed by atoms with Crippen molar-refractivity contribution in [2.45, 2.75) is 19.5 Å². The highest BCUT2D eigenvalue weighted by atomic mass is 16.7. The summed E-state index contributed by atoms with van der Waals surface area (Å²) in [6, 6.07) is 6.43. The summed E-state index contributed by atoms with van der Waals surface area (Å²) >= 11 is 0. The summed E-state index contributed by atoms with van der Waals surface area (Å²) in [5.74, 6) is 1.67. The van der Waals surface area contributed by atoms with Crippen molar-refractivity contribution in [1.82, 2.24) is 4.90 Å². The molecule has 0 aromatic heterocycles. The Kier molecular flexibility index (Phi) is 3.31. The fourth-order valence-electron chi connectivity index (χ4n) is 1.66. The van der Waals surface area contributed by atoms with Gasteiger partial charge in [-0.25, -0.2) is 0 Å². The number of hydrogen-bond donors (Lipinski definition) is 1. The highest BCUT2D eigenvalue weighted by molar-refractivity contribution is 5.44. The van der Waals surface area contributed by atoms with E-state index in [1.54, 1.807) is 0 Å². The fourth-order valence-corrected chi connectivity index (χ4v) is 1.66. The van der Waals surface area contributed by atoms with Crippen LogP contribution in [0.4, 0.5) is 0 Å². The summed E-state index contributed by atoms with van der Waals surface area (Å²) in [6.45, 7) is 3.98. The zero-order valence-corrected chi connectivity index (χ0v) is 9.77. The van der Waals surface area contributed by atoms with Gasteiger partial charge in [0.1, 0.15) is 0 Å². The molecule has 0 saturated heterocycles. The Morgan fingerprint density at radius 3 is 2.88 bits per heavy atom. The van der Waals surface area contributed by atoms with Gasteiger partial charge in [0, 0.05) is 19.1 Å². The molecule has 1 aromatic carbocycles. The van der Waals surface area contributed by atoms with Crippen molar-refractivity contribution in [1.29, 1.82) is 0 Å². The topological polar surface area (TPSA) is 47.7 Å². The quantitative estimate of drug-likeness (QED) is 0.831. The van der Waals surface area contributed by atoms with Crippen molar-refractivity contribution in [3.63, 3.8) is 0 Å². The van der Waals surface area contributed by atoms with Gasteiger partial charge in [-0.05, 0) is 31.7 Å². The first kappa shape index (κ1) is 11.2. The van der Waals surface area contributed by atoms with E-state index in [9.17, 15) is 0 Å². The number of nitrogens with zero attached hydrogens (tertiary/aromatic N) is 1. The van der Waals surface area contributed by atoms with Crippen molar-refractivity contribution < 1.29 is 9.47 Å². The second-order valence-electron chi connectivity index (χ2n) is 4.19. The molecule has 0 bridgehead atoms. The second-order valence-corrected chi connectivity index (χ2v) is 4.19. The van der Waals surface area contributed by atoms with Crippen LogP contribution in [0.3, 0.4) is 0 Å². The largest absolute Gasteiger partial charge is 0.454 e. The zero-order chi connectivity index (χ0) is 11.5. The Bertz CT molecular complexity index is 368. The van der Waals surface area contributed by atoms with Crippen molar-refractivity contribution in [2.75, 3.05) is 20.4 Å². The molecule has 16 heavy (non-hydrogen) atoms. The lowest BCUT2D eigenvalue weighted by molar-refractivity contribution is 0.174. The molecule has 1 unspecified atom stereocenters. The lowest BCUT2D eigenvalue weighted by Crippen LogP contribution is -2.34. The molecule has 1 aliphatic heterocycles. The number of rotatable bonds is 4. The van der Waals surface area contributed by atoms with Gasteiger partial charge in [0.05, 0.1) is 0 Å². The molecule has 0 aliphatic carbocycles. The molecule has 0 amide bonds. The van der Waals surface area contributed by atoms with Crippen molar-refractivity contribution in [3.05, 3.63) is 23.8 Å². The molecule has 1 aliphatic rings. The van der Waals surface area contributed by atoms with E-state index in [1.807, 2.05) is 12.1 Å². The molecule has 1 heterocycles. The zero-order valence-electron chi connectivity index (χ0n) is 9.77. The summed E-state index contributed by atoms with van der Waals surface area (Å²) in [4.78, 5) is 2.22. The third-order valence-electron chi connectivity index (χ3n) is 2.96. The van der Waals surface area contributed by atoms with Gasteiger partial charge < -0.3 is 15.2 Å². The van der Waals surface area contributed by atoms with Gasteiger partial charge in [-0.15, -0.1) is 0 Å². The van der Waals surface area contributed by atoms with Gasteiger partial charge >= 0.3 is 0 Å². The van der Waals surface area contributed by atoms with Gasteiger partial charge in [0.15, 0.2) is 11.5 Å². The van der Waals surface area contributed by atoms with Crippen LogP contribution in [0.1, 0.15) is 12.5 Å². The summed E-state index contributed by atoms with van der Waals surface area (Å²) in [7, 11) is 2.07. The highest BCUT2D eigenvalue weighted by Gasteiger charge is 2.14. The van der Waals surface area contributed by atoms with E-state index in [2.05, 4.69) is 24.9 Å². The third-order valence-corrected chi connectivity index (χ3v) is 2.96. The highest BCUT2D eigenvalue weighted by Crippen LogP contribution is 2.32. The van der Waals surface area contributed by atoms with Crippen LogP contribution in [0.25, 0.3) is 0 Å². The number of nitrogens with two attached hydrogens (primary N) is 1. The lowest BCUT2D eigenvalue weighted by atomic mass is 10.1. The van der Waals surface area contributed by atoms with Crippen molar-refractivity contribution in [3.8, 4) is 11.5 Å². The minimum atomic E-state index is 0.327. The Morgan fingerprint density at radius 1 is 1.38 bits per heavy atom. The molecule has 1 aromatic rings. The molecule has 0 saturated carbocycles. The summed E-state index contributed by atoms with van der Waals surface area (Å²) < 4.78 is 10.6. The number of likely N-dealkylation sites (N-methyl/N-ethyl adjacent to an activating group) is 1. The predicted octanol–water partition coefficient (Wildman–Crippen LogP) is 1.19. The molecule has 2 N–H and O–H groups in total. The Balaban J connectivity index is 2.05. The second kappa shape index (κ2) is 4.72. The maximum atomic E-state index is 5.63. The van der Waals surface area contributed by atoms with E-state index in [1.165, 1.54) is 5.56 Å². The van der Waals surface area contributed by atoms with Crippen LogP contribution in [0, 0.1) is 0 Å². The summed E-state index contributed by atoms with van der Waals surface area (Å²) in [5, 5.41) is 0. The molecular formula is C12H18N2O2. The van der Waals surface area contributed by atoms with E-state index in [-0.39, 0.29) is 0 Å². The van der Waals surface area contributed by atoms with Crippen LogP contribution in [-0.2, 0) is 6.54 Å². The predicted molar refractivity (Wildman–Crippen MR) is 62.5 cm³/mol. The van der Waals surface area contributed by atoms with E-state index < -0.39 is 0 Å². The third kappa shape index (κ3) is 2.28. The molecule has 4 nitrogen and oxygen atoms in total. The summed E-state index contributed by atoms with van der Waals surface area (Å²) in [5.41, 5.74) is 6.85. The molecule has 1 atom stereocenters. The molecule has 2 rings (SSSR count). The molecule has 0 spiro atoms. The first-order valence-corrected chi connectivity index (χ1v) is 5.49. The molecule has 88 valence electrons. The average Bonchev–Trinajstić information content (AvgIpc) is 2.75. The monoisotopic (exact) mass is 222 g/mol. The standard InChI is InChI=1S/C12H18N2O2/c1-9(6-13)14(2)7-10-3-4-11-12(5-10)16-8-15-11/h3-5,9H,6-8,13H2,1-2H3. The molecule has 0 radical (unpaired) electrons. The number of hydrogen-bond acceptors (Lipinski definition) is 4. The van der Waals surface area contributed by atoms with Crippen LogP contribution in [0.2, 0.25) is 0 Å². The SMILES string of the molecule is CC(CN)N(C)Cc1ccc2c(c1)OCO2. The summed E-state index contributed by atoms with van der Waals surface area (Å²) in [6.07, 6.45) is 0. The van der Waals surface area contributed by atoms with Crippen molar-refractivity contribution in [2.24, 2.45) is 5.73 Å². The lowest BCUT2D eigenvalue weighted by Gasteiger charge is -2.23. The molecule has 0 fully saturated rings. The van der Waals surface area contributed by atoms with E-state index in [4.69, 9.17) is 15.2 Å². The maximum Gasteiger partial charge on any atom is 0.231 e. The van der Waals surface area contributed by atoms with Gasteiger partial charge in [0.25, 0.3) is 0 Å². The normalized spacial score (nSPS) is 15.5. The van der Waals surface area contributed by atoms with Crippen LogP contribution in [0.15, 0.2) is 18.2 Å². The van der Waals surface area contributed by atoms with Crippen LogP contribution < -0.4 is 15.2 Å². The van der Waals surface area contributed by atoms with E-state index in [0.29, 0.717) is 19.4 Å². The van der Waals surface area contributed by atoms with E-state index >= 15 is 0 Å². The molecular weight excluding hydrogens is 204 g/mol. The first-order chi connectivity index (χ1) is 7.70. The number of benzene rings is 1. The average molecular weight is 222 g/mol. The maximum absolute atomic E-state index is 5.63. The number of ether oxygens (including phenoxy) is 2. The van der Waals surface area contributed by atoms with Crippen LogP contribution >= 0.6 is 0 Å².